The molecule has 1 aromatic heterocycles. The van der Waals surface area contributed by atoms with E-state index in [-0.39, 0.29) is 6.42 Å². The molecule has 106 valence electrons. The fraction of sp³-hybridized carbons (Fsp3) is 0.667. The molecule has 0 saturated heterocycles. The van der Waals surface area contributed by atoms with Crippen LogP contribution in [0.3, 0.4) is 0 Å². The van der Waals surface area contributed by atoms with Crippen molar-refractivity contribution in [3.8, 4) is 0 Å². The minimum Gasteiger partial charge on any atom is -0.481 e. The standard InChI is InChI=1S/C15H23NO2S/c1-15(2)7-3-4-11(9-15)16-10-13-6-5-12(19-13)8-14(17)18/h5-6,11,16H,3-4,7-10H2,1-2H3,(H,17,18). The minimum absolute atomic E-state index is 0.140. The highest BCUT2D eigenvalue weighted by molar-refractivity contribution is 7.12. The highest BCUT2D eigenvalue weighted by Gasteiger charge is 2.27. The number of carboxylic acids is 1. The van der Waals surface area contributed by atoms with Crippen LogP contribution in [0, 0.1) is 5.41 Å². The van der Waals surface area contributed by atoms with E-state index in [1.165, 1.54) is 30.6 Å². The Morgan fingerprint density at radius 1 is 1.47 bits per heavy atom. The Hall–Kier alpha value is -0.870. The molecule has 2 rings (SSSR count). The summed E-state index contributed by atoms with van der Waals surface area (Å²) in [5.74, 6) is -0.754. The van der Waals surface area contributed by atoms with Gasteiger partial charge in [-0.25, -0.2) is 0 Å². The first-order valence-corrected chi connectivity index (χ1v) is 7.79. The summed E-state index contributed by atoms with van der Waals surface area (Å²) in [6.45, 7) is 5.55. The fourth-order valence-corrected chi connectivity index (χ4v) is 3.84. The molecule has 19 heavy (non-hydrogen) atoms. The predicted molar refractivity (Wildman–Crippen MR) is 78.5 cm³/mol. The van der Waals surface area contributed by atoms with E-state index in [0.717, 1.165) is 11.4 Å². The number of rotatable bonds is 5. The Kier molecular flexibility index (Phi) is 4.63. The summed E-state index contributed by atoms with van der Waals surface area (Å²) >= 11 is 1.61. The average Bonchev–Trinajstić information content (AvgIpc) is 2.72. The third-order valence-electron chi connectivity index (χ3n) is 3.81. The van der Waals surface area contributed by atoms with Crippen molar-refractivity contribution in [2.75, 3.05) is 0 Å². The Labute approximate surface area is 119 Å². The molecule has 1 aliphatic carbocycles. The summed E-state index contributed by atoms with van der Waals surface area (Å²) in [7, 11) is 0. The lowest BCUT2D eigenvalue weighted by Crippen LogP contribution is -2.36. The third-order valence-corrected chi connectivity index (χ3v) is 4.90. The SMILES string of the molecule is CC1(C)CCCC(NCc2ccc(CC(=O)O)s2)C1. The van der Waals surface area contributed by atoms with Crippen molar-refractivity contribution in [1.82, 2.24) is 5.32 Å². The highest BCUT2D eigenvalue weighted by atomic mass is 32.1. The second-order valence-electron chi connectivity index (χ2n) is 6.28. The normalized spacial score (nSPS) is 22.3. The molecule has 0 amide bonds. The van der Waals surface area contributed by atoms with Gasteiger partial charge in [0.05, 0.1) is 6.42 Å². The van der Waals surface area contributed by atoms with Crippen molar-refractivity contribution in [2.24, 2.45) is 5.41 Å². The molecule has 1 aliphatic rings. The lowest BCUT2D eigenvalue weighted by molar-refractivity contribution is -0.136. The number of nitrogens with one attached hydrogen (secondary N) is 1. The number of hydrogen-bond donors (Lipinski definition) is 2. The molecule has 4 heteroatoms. The molecule has 1 heterocycles. The molecule has 1 unspecified atom stereocenters. The topological polar surface area (TPSA) is 49.3 Å². The first kappa shape index (κ1) is 14.5. The van der Waals surface area contributed by atoms with E-state index in [2.05, 4.69) is 19.2 Å². The van der Waals surface area contributed by atoms with Gasteiger partial charge < -0.3 is 10.4 Å². The molecule has 0 bridgehead atoms. The van der Waals surface area contributed by atoms with Crippen LogP contribution < -0.4 is 5.32 Å². The average molecular weight is 281 g/mol. The molecular formula is C15H23NO2S. The van der Waals surface area contributed by atoms with E-state index in [4.69, 9.17) is 5.11 Å². The van der Waals surface area contributed by atoms with E-state index in [9.17, 15) is 4.79 Å². The number of carbonyl (C=O) groups is 1. The first-order chi connectivity index (χ1) is 8.94. The Balaban J connectivity index is 1.82. The molecule has 1 fully saturated rings. The van der Waals surface area contributed by atoms with Crippen molar-refractivity contribution in [1.29, 1.82) is 0 Å². The van der Waals surface area contributed by atoms with Gasteiger partial charge in [0, 0.05) is 22.3 Å². The Bertz CT molecular complexity index is 439. The van der Waals surface area contributed by atoms with Gasteiger partial charge in [-0.1, -0.05) is 20.3 Å². The van der Waals surface area contributed by atoms with Gasteiger partial charge in [-0.15, -0.1) is 11.3 Å². The molecule has 0 spiro atoms. The maximum atomic E-state index is 10.6. The van der Waals surface area contributed by atoms with E-state index < -0.39 is 5.97 Å². The summed E-state index contributed by atoms with van der Waals surface area (Å²) in [5.41, 5.74) is 0.458. The molecule has 0 radical (unpaired) electrons. The molecule has 2 N–H and O–H groups in total. The van der Waals surface area contributed by atoms with E-state index in [1.807, 2.05) is 12.1 Å². The van der Waals surface area contributed by atoms with Crippen LogP contribution in [-0.4, -0.2) is 17.1 Å². The zero-order valence-corrected chi connectivity index (χ0v) is 12.6. The van der Waals surface area contributed by atoms with Crippen molar-refractivity contribution < 1.29 is 9.90 Å². The molecule has 1 saturated carbocycles. The first-order valence-electron chi connectivity index (χ1n) is 6.97. The van der Waals surface area contributed by atoms with Gasteiger partial charge in [0.25, 0.3) is 0 Å². The monoisotopic (exact) mass is 281 g/mol. The van der Waals surface area contributed by atoms with Crippen LogP contribution in [0.4, 0.5) is 0 Å². The smallest absolute Gasteiger partial charge is 0.308 e. The van der Waals surface area contributed by atoms with Crippen LogP contribution in [0.15, 0.2) is 12.1 Å². The van der Waals surface area contributed by atoms with Crippen molar-refractivity contribution in [3.63, 3.8) is 0 Å². The second-order valence-corrected chi connectivity index (χ2v) is 7.53. The van der Waals surface area contributed by atoms with Gasteiger partial charge in [0.15, 0.2) is 0 Å². The molecule has 1 atom stereocenters. The molecule has 3 nitrogen and oxygen atoms in total. The molecule has 0 aliphatic heterocycles. The number of hydrogen-bond acceptors (Lipinski definition) is 3. The third kappa shape index (κ3) is 4.62. The number of carboxylic acid groups (broad SMARTS) is 1. The molecule has 1 aromatic rings. The number of aliphatic carboxylic acids is 1. The lowest BCUT2D eigenvalue weighted by Gasteiger charge is -2.35. The van der Waals surface area contributed by atoms with Gasteiger partial charge in [-0.2, -0.15) is 0 Å². The zero-order chi connectivity index (χ0) is 13.9. The highest BCUT2D eigenvalue weighted by Crippen LogP contribution is 2.35. The van der Waals surface area contributed by atoms with Crippen molar-refractivity contribution in [2.45, 2.75) is 58.5 Å². The van der Waals surface area contributed by atoms with Crippen LogP contribution >= 0.6 is 11.3 Å². The summed E-state index contributed by atoms with van der Waals surface area (Å²) in [4.78, 5) is 12.8. The van der Waals surface area contributed by atoms with Gasteiger partial charge in [0.2, 0.25) is 0 Å². The summed E-state index contributed by atoms with van der Waals surface area (Å²) < 4.78 is 0. The molecular weight excluding hydrogens is 258 g/mol. The summed E-state index contributed by atoms with van der Waals surface area (Å²) in [6, 6.07) is 4.58. The van der Waals surface area contributed by atoms with Crippen LogP contribution in [-0.2, 0) is 17.8 Å². The van der Waals surface area contributed by atoms with Gasteiger partial charge >= 0.3 is 5.97 Å². The van der Waals surface area contributed by atoms with Gasteiger partial charge in [-0.3, -0.25) is 4.79 Å². The second kappa shape index (κ2) is 6.06. The Morgan fingerprint density at radius 2 is 2.21 bits per heavy atom. The van der Waals surface area contributed by atoms with Gasteiger partial charge in [0.1, 0.15) is 0 Å². The lowest BCUT2D eigenvalue weighted by atomic mass is 9.75. The van der Waals surface area contributed by atoms with Crippen LogP contribution in [0.25, 0.3) is 0 Å². The number of thiophene rings is 1. The maximum Gasteiger partial charge on any atom is 0.308 e. The maximum absolute atomic E-state index is 10.6. The van der Waals surface area contributed by atoms with Crippen LogP contribution in [0.1, 0.15) is 49.3 Å². The van der Waals surface area contributed by atoms with E-state index in [0.29, 0.717) is 11.5 Å². The van der Waals surface area contributed by atoms with Crippen LogP contribution in [0.2, 0.25) is 0 Å². The Morgan fingerprint density at radius 3 is 2.89 bits per heavy atom. The van der Waals surface area contributed by atoms with Crippen LogP contribution in [0.5, 0.6) is 0 Å². The molecule has 0 aromatic carbocycles. The predicted octanol–water partition coefficient (Wildman–Crippen LogP) is 3.43. The van der Waals surface area contributed by atoms with Crippen molar-refractivity contribution >= 4 is 17.3 Å². The van der Waals surface area contributed by atoms with Crippen molar-refractivity contribution in [3.05, 3.63) is 21.9 Å². The largest absolute Gasteiger partial charge is 0.481 e. The fourth-order valence-electron chi connectivity index (χ4n) is 2.88. The summed E-state index contributed by atoms with van der Waals surface area (Å²) in [6.07, 6.45) is 5.27. The van der Waals surface area contributed by atoms with E-state index in [1.54, 1.807) is 11.3 Å². The van der Waals surface area contributed by atoms with E-state index >= 15 is 0 Å². The van der Waals surface area contributed by atoms with Gasteiger partial charge in [-0.05, 0) is 36.8 Å². The minimum atomic E-state index is -0.754. The quantitative estimate of drug-likeness (QED) is 0.869. The zero-order valence-electron chi connectivity index (χ0n) is 11.7. The summed E-state index contributed by atoms with van der Waals surface area (Å²) in [5, 5.41) is 12.4.